The van der Waals surface area contributed by atoms with Gasteiger partial charge in [0.25, 0.3) is 0 Å². The molecule has 2 aliphatic rings. The first-order chi connectivity index (χ1) is 12.8. The summed E-state index contributed by atoms with van der Waals surface area (Å²) >= 11 is 0. The minimum atomic E-state index is -4.44. The van der Waals surface area contributed by atoms with Crippen molar-refractivity contribution in [1.82, 2.24) is 9.97 Å². The molecule has 27 heavy (non-hydrogen) atoms. The van der Waals surface area contributed by atoms with Crippen molar-refractivity contribution >= 4 is 17.3 Å². The molecule has 4 rings (SSSR count). The minimum Gasteiger partial charge on any atom is -0.491 e. The Labute approximate surface area is 152 Å². The van der Waals surface area contributed by atoms with Crippen molar-refractivity contribution in [3.05, 3.63) is 47.0 Å². The van der Waals surface area contributed by atoms with E-state index in [0.717, 1.165) is 6.07 Å². The number of nitrogens with zero attached hydrogens (tertiary/aromatic N) is 2. The molecule has 0 amide bonds. The van der Waals surface area contributed by atoms with Gasteiger partial charge in [0, 0.05) is 25.6 Å². The molecule has 0 aromatic carbocycles. The number of alkyl halides is 3. The number of hydrogen-bond acceptors (Lipinski definition) is 6. The smallest absolute Gasteiger partial charge is 0.418 e. The normalized spacial score (nSPS) is 15.6. The first-order valence-corrected chi connectivity index (χ1v) is 8.24. The van der Waals surface area contributed by atoms with E-state index in [1.54, 1.807) is 18.3 Å². The molecular weight excluding hydrogens is 363 g/mol. The second-order valence-corrected chi connectivity index (χ2v) is 5.99. The number of carbonyl (C=O) groups is 2. The van der Waals surface area contributed by atoms with Crippen LogP contribution >= 0.6 is 0 Å². The standard InChI is InChI=1S/C10H9F3N2O.C8H7NO2/c1-5-6(10(11,12)13)4-7-9(15-5)8(16)2-3-14-7;10-6-3-5-11-7-2-1-4-9-8(6)7/h4,14H,2-3H2,1H3;1-2,4H,3,5H2. The SMILES string of the molecule is Cc1nc2c(cc1C(F)(F)F)NCCC2=O.O=C1CCOc2cccnc21. The van der Waals surface area contributed by atoms with E-state index >= 15 is 0 Å². The van der Waals surface area contributed by atoms with Crippen molar-refractivity contribution in [2.45, 2.75) is 25.9 Å². The van der Waals surface area contributed by atoms with E-state index in [2.05, 4.69) is 15.3 Å². The van der Waals surface area contributed by atoms with Crippen LogP contribution in [-0.2, 0) is 6.18 Å². The number of aromatic nitrogens is 2. The van der Waals surface area contributed by atoms with Gasteiger partial charge in [-0.1, -0.05) is 0 Å². The second kappa shape index (κ2) is 7.34. The third kappa shape index (κ3) is 4.07. The van der Waals surface area contributed by atoms with Crippen LogP contribution in [0, 0.1) is 6.92 Å². The molecule has 0 saturated carbocycles. The zero-order chi connectivity index (χ0) is 19.6. The Morgan fingerprint density at radius 3 is 2.59 bits per heavy atom. The fraction of sp³-hybridized carbons (Fsp3) is 0.333. The lowest BCUT2D eigenvalue weighted by Gasteiger charge is -2.19. The number of hydrogen-bond donors (Lipinski definition) is 1. The van der Waals surface area contributed by atoms with E-state index in [4.69, 9.17) is 4.74 Å². The van der Waals surface area contributed by atoms with Crippen molar-refractivity contribution in [1.29, 1.82) is 0 Å². The first kappa shape index (κ1) is 18.8. The van der Waals surface area contributed by atoms with Gasteiger partial charge in [-0.2, -0.15) is 13.2 Å². The van der Waals surface area contributed by atoms with Gasteiger partial charge in [-0.3, -0.25) is 9.59 Å². The largest absolute Gasteiger partial charge is 0.491 e. The van der Waals surface area contributed by atoms with Crippen molar-refractivity contribution in [2.24, 2.45) is 0 Å². The number of ketones is 2. The monoisotopic (exact) mass is 379 g/mol. The number of Topliss-reactive ketones (excluding diaryl/α,β-unsaturated/α-hetero) is 2. The molecule has 1 N–H and O–H groups in total. The Morgan fingerprint density at radius 2 is 1.89 bits per heavy atom. The van der Waals surface area contributed by atoms with Crippen LogP contribution in [0.25, 0.3) is 0 Å². The van der Waals surface area contributed by atoms with Gasteiger partial charge in [-0.25, -0.2) is 9.97 Å². The summed E-state index contributed by atoms with van der Waals surface area (Å²) in [6.45, 7) is 2.09. The average Bonchev–Trinajstić information content (AvgIpc) is 2.62. The highest BCUT2D eigenvalue weighted by Crippen LogP contribution is 2.34. The third-order valence-electron chi connectivity index (χ3n) is 4.07. The van der Waals surface area contributed by atoms with Gasteiger partial charge in [-0.15, -0.1) is 0 Å². The summed E-state index contributed by atoms with van der Waals surface area (Å²) in [4.78, 5) is 30.2. The molecule has 2 aromatic heterocycles. The maximum absolute atomic E-state index is 12.6. The van der Waals surface area contributed by atoms with E-state index in [1.807, 2.05) is 0 Å². The van der Waals surface area contributed by atoms with Gasteiger partial charge in [0.2, 0.25) is 0 Å². The van der Waals surface area contributed by atoms with Crippen LogP contribution < -0.4 is 10.1 Å². The van der Waals surface area contributed by atoms with Gasteiger partial charge in [0.1, 0.15) is 17.1 Å². The van der Waals surface area contributed by atoms with Gasteiger partial charge in [0.05, 0.1) is 23.6 Å². The van der Waals surface area contributed by atoms with Crippen molar-refractivity contribution in [2.75, 3.05) is 18.5 Å². The number of carbonyl (C=O) groups excluding carboxylic acids is 2. The van der Waals surface area contributed by atoms with E-state index in [-0.39, 0.29) is 35.1 Å². The molecule has 0 atom stereocenters. The zero-order valence-corrected chi connectivity index (χ0v) is 14.4. The van der Waals surface area contributed by atoms with Crippen LogP contribution in [-0.4, -0.2) is 34.7 Å². The minimum absolute atomic E-state index is 0.0758. The summed E-state index contributed by atoms with van der Waals surface area (Å²) < 4.78 is 42.9. The topological polar surface area (TPSA) is 81.2 Å². The molecular formula is C18H16F3N3O3. The number of pyridine rings is 2. The number of halogens is 3. The van der Waals surface area contributed by atoms with Crippen molar-refractivity contribution in [3.8, 4) is 5.75 Å². The molecule has 0 radical (unpaired) electrons. The molecule has 2 aromatic rings. The number of rotatable bonds is 0. The van der Waals surface area contributed by atoms with Crippen LogP contribution in [0.3, 0.4) is 0 Å². The molecule has 0 spiro atoms. The number of anilines is 1. The molecule has 6 nitrogen and oxygen atoms in total. The molecule has 0 fully saturated rings. The van der Waals surface area contributed by atoms with Crippen LogP contribution in [0.4, 0.5) is 18.9 Å². The summed E-state index contributed by atoms with van der Waals surface area (Å²) in [5.41, 5.74) is -0.207. The Bertz CT molecular complexity index is 897. The molecule has 4 heterocycles. The molecule has 0 aliphatic carbocycles. The summed E-state index contributed by atoms with van der Waals surface area (Å²) in [5, 5.41) is 2.75. The maximum Gasteiger partial charge on any atom is 0.418 e. The molecule has 0 bridgehead atoms. The van der Waals surface area contributed by atoms with E-state index < -0.39 is 11.7 Å². The van der Waals surface area contributed by atoms with Crippen LogP contribution in [0.1, 0.15) is 45.1 Å². The fourth-order valence-electron chi connectivity index (χ4n) is 2.76. The second-order valence-electron chi connectivity index (χ2n) is 5.99. The van der Waals surface area contributed by atoms with Crippen molar-refractivity contribution < 1.29 is 27.5 Å². The van der Waals surface area contributed by atoms with E-state index in [0.29, 0.717) is 31.0 Å². The van der Waals surface area contributed by atoms with Gasteiger partial charge in [-0.05, 0) is 25.1 Å². The summed E-state index contributed by atoms with van der Waals surface area (Å²) in [5.74, 6) is 0.473. The van der Waals surface area contributed by atoms with Gasteiger partial charge >= 0.3 is 6.18 Å². The first-order valence-electron chi connectivity index (χ1n) is 8.24. The fourth-order valence-corrected chi connectivity index (χ4v) is 2.76. The highest BCUT2D eigenvalue weighted by atomic mass is 19.4. The molecule has 142 valence electrons. The maximum atomic E-state index is 12.6. The van der Waals surface area contributed by atoms with E-state index in [1.165, 1.54) is 6.92 Å². The van der Waals surface area contributed by atoms with Crippen LogP contribution in [0.2, 0.25) is 0 Å². The Morgan fingerprint density at radius 1 is 1.15 bits per heavy atom. The quantitative estimate of drug-likeness (QED) is 0.755. The number of nitrogens with one attached hydrogen (secondary N) is 1. The van der Waals surface area contributed by atoms with Crippen LogP contribution in [0.15, 0.2) is 24.4 Å². The lowest BCUT2D eigenvalue weighted by Crippen LogP contribution is -2.22. The van der Waals surface area contributed by atoms with Crippen LogP contribution in [0.5, 0.6) is 5.75 Å². The Balaban J connectivity index is 0.000000166. The predicted octanol–water partition coefficient (Wildman–Crippen LogP) is 3.45. The molecule has 9 heteroatoms. The Hall–Kier alpha value is -2.97. The summed E-state index contributed by atoms with van der Waals surface area (Å²) in [7, 11) is 0. The number of ether oxygens (including phenoxy) is 1. The summed E-state index contributed by atoms with van der Waals surface area (Å²) in [6.07, 6.45) is -2.12. The number of fused-ring (bicyclic) bond motifs is 2. The van der Waals surface area contributed by atoms with Gasteiger partial charge < -0.3 is 10.1 Å². The van der Waals surface area contributed by atoms with Crippen molar-refractivity contribution in [3.63, 3.8) is 0 Å². The average molecular weight is 379 g/mol. The Kier molecular flexibility index (Phi) is 5.11. The predicted molar refractivity (Wildman–Crippen MR) is 90.1 cm³/mol. The third-order valence-corrected chi connectivity index (χ3v) is 4.07. The lowest BCUT2D eigenvalue weighted by atomic mass is 10.0. The summed E-state index contributed by atoms with van der Waals surface area (Å²) in [6, 6.07) is 4.48. The molecule has 0 saturated heterocycles. The highest BCUT2D eigenvalue weighted by molar-refractivity contribution is 6.01. The van der Waals surface area contributed by atoms with Gasteiger partial charge in [0.15, 0.2) is 11.6 Å². The molecule has 2 aliphatic heterocycles. The lowest BCUT2D eigenvalue weighted by molar-refractivity contribution is -0.138. The number of aryl methyl sites for hydroxylation is 1. The highest BCUT2D eigenvalue weighted by Gasteiger charge is 2.35. The molecule has 0 unspecified atom stereocenters. The zero-order valence-electron chi connectivity index (χ0n) is 14.4. The van der Waals surface area contributed by atoms with E-state index in [9.17, 15) is 22.8 Å².